The van der Waals surface area contributed by atoms with Gasteiger partial charge in [-0.3, -0.25) is 0 Å². The number of thiophene rings is 1. The summed E-state index contributed by atoms with van der Waals surface area (Å²) in [6.07, 6.45) is 7.94. The number of thioether (sulfide) groups is 1. The molecule has 1 aliphatic carbocycles. The van der Waals surface area contributed by atoms with E-state index in [2.05, 4.69) is 61.5 Å². The van der Waals surface area contributed by atoms with Crippen LogP contribution in [0.5, 0.6) is 0 Å². The van der Waals surface area contributed by atoms with E-state index in [0.717, 1.165) is 52.9 Å². The molecular weight excluding hydrogens is 581 g/mol. The van der Waals surface area contributed by atoms with E-state index in [1.807, 2.05) is 35.4 Å². The number of carboxylic acids is 1. The molecule has 2 aromatic heterocycles. The zero-order valence-electron chi connectivity index (χ0n) is 23.5. The molecule has 0 spiro atoms. The maximum atomic E-state index is 11.4. The number of nitrogens with zero attached hydrogens (tertiary/aromatic N) is 1. The Morgan fingerprint density at radius 3 is 2.73 bits per heavy atom. The topological polar surface area (TPSA) is 73.2 Å². The van der Waals surface area contributed by atoms with Crippen LogP contribution < -0.4 is 34.7 Å². The van der Waals surface area contributed by atoms with E-state index in [4.69, 9.17) is 16.6 Å². The zero-order chi connectivity index (χ0) is 28.1. The molecule has 0 aliphatic heterocycles. The molecule has 1 aliphatic rings. The van der Waals surface area contributed by atoms with Crippen LogP contribution in [-0.2, 0) is 11.2 Å². The molecular formula is C33H33ClNNaO3S2. The number of rotatable bonds is 13. The standard InChI is InChI=1S/C33H34ClNO3S2.Na/c1-22(19-36)27-8-3-2-6-24(27)10-13-29(40-21-33(15-16-33)18-31(37)38)25-7-4-5-23(17-25)9-11-26-12-14-30-32(35-26)28(34)20-39-30;/h2-9,11-12,14,17,20,22,29,36H,10,13,15-16,18-19,21H2,1H3,(H,37,38);/q;+1/p-1/t22?,29-;/m1./s1. The van der Waals surface area contributed by atoms with Crippen molar-refractivity contribution in [1.82, 2.24) is 4.98 Å². The summed E-state index contributed by atoms with van der Waals surface area (Å²) in [6, 6.07) is 21.0. The summed E-state index contributed by atoms with van der Waals surface area (Å²) in [5.74, 6) is -0.0549. The number of aryl methyl sites for hydroxylation is 1. The molecule has 1 saturated carbocycles. The minimum atomic E-state index is -0.954. The first-order chi connectivity index (χ1) is 19.4. The van der Waals surface area contributed by atoms with Gasteiger partial charge in [-0.2, -0.15) is 11.8 Å². The van der Waals surface area contributed by atoms with Gasteiger partial charge in [-0.15, -0.1) is 11.3 Å². The summed E-state index contributed by atoms with van der Waals surface area (Å²) in [7, 11) is 0. The van der Waals surface area contributed by atoms with Crippen molar-refractivity contribution >= 4 is 63.0 Å². The average Bonchev–Trinajstić information content (AvgIpc) is 3.63. The molecule has 4 nitrogen and oxygen atoms in total. The molecule has 0 saturated heterocycles. The second-order valence-electron chi connectivity index (χ2n) is 10.8. The Morgan fingerprint density at radius 1 is 1.17 bits per heavy atom. The fourth-order valence-corrected chi connectivity index (χ4v) is 7.80. The first-order valence-corrected chi connectivity index (χ1v) is 16.0. The summed E-state index contributed by atoms with van der Waals surface area (Å²) in [4.78, 5) is 16.1. The molecule has 1 fully saturated rings. The molecule has 0 amide bonds. The summed E-state index contributed by atoms with van der Waals surface area (Å²) in [5, 5.41) is 23.9. The van der Waals surface area contributed by atoms with Gasteiger partial charge in [0.1, 0.15) is 5.52 Å². The molecule has 1 N–H and O–H groups in total. The van der Waals surface area contributed by atoms with Crippen LogP contribution in [-0.4, -0.2) is 28.4 Å². The van der Waals surface area contributed by atoms with Gasteiger partial charge in [-0.1, -0.05) is 73.1 Å². The van der Waals surface area contributed by atoms with Gasteiger partial charge in [0.05, 0.1) is 15.4 Å². The Balaban J connectivity index is 0.00000387. The number of carbonyl (C=O) groups is 1. The third kappa shape index (κ3) is 8.47. The number of hydrogen-bond donors (Lipinski definition) is 1. The number of aliphatic hydroxyl groups excluding tert-OH is 1. The van der Waals surface area contributed by atoms with Crippen LogP contribution in [0.3, 0.4) is 0 Å². The molecule has 8 heteroatoms. The van der Waals surface area contributed by atoms with Crippen molar-refractivity contribution in [1.29, 1.82) is 0 Å². The van der Waals surface area contributed by atoms with E-state index < -0.39 is 5.97 Å². The monoisotopic (exact) mass is 613 g/mol. The SMILES string of the molecule is CC(CO)c1ccccc1CC[C@@H](SCC1(CC(=O)[O-])CC1)c1cccc(C=Cc2ccc3scc(Cl)c3n2)c1.[Na+]. The molecule has 4 aromatic rings. The molecule has 2 atom stereocenters. The second-order valence-corrected chi connectivity index (χ2v) is 13.3. The van der Waals surface area contributed by atoms with Crippen LogP contribution in [0.4, 0.5) is 0 Å². The van der Waals surface area contributed by atoms with Crippen molar-refractivity contribution in [2.24, 2.45) is 5.41 Å². The molecule has 41 heavy (non-hydrogen) atoms. The number of hydrogen-bond acceptors (Lipinski definition) is 6. The largest absolute Gasteiger partial charge is 1.00 e. The van der Waals surface area contributed by atoms with Crippen LogP contribution in [0.25, 0.3) is 22.4 Å². The predicted octanol–water partition coefficient (Wildman–Crippen LogP) is 4.55. The molecule has 0 radical (unpaired) electrons. The second kappa shape index (κ2) is 14.7. The molecule has 2 heterocycles. The number of aliphatic carboxylic acids is 1. The fourth-order valence-electron chi connectivity index (χ4n) is 5.14. The first-order valence-electron chi connectivity index (χ1n) is 13.7. The number of aromatic nitrogens is 1. The van der Waals surface area contributed by atoms with E-state index in [-0.39, 0.29) is 59.2 Å². The van der Waals surface area contributed by atoms with Crippen molar-refractivity contribution in [3.63, 3.8) is 0 Å². The van der Waals surface area contributed by atoms with Crippen LogP contribution in [0.2, 0.25) is 5.02 Å². The zero-order valence-corrected chi connectivity index (χ0v) is 27.9. The smallest absolute Gasteiger partial charge is 0.550 e. The van der Waals surface area contributed by atoms with Crippen molar-refractivity contribution < 1.29 is 44.6 Å². The van der Waals surface area contributed by atoms with Gasteiger partial charge in [0.15, 0.2) is 0 Å². The normalized spacial score (nSPS) is 15.5. The van der Waals surface area contributed by atoms with Crippen molar-refractivity contribution in [2.75, 3.05) is 12.4 Å². The Bertz CT molecular complexity index is 1520. The maximum Gasteiger partial charge on any atom is 1.00 e. The van der Waals surface area contributed by atoms with Gasteiger partial charge < -0.3 is 15.0 Å². The van der Waals surface area contributed by atoms with E-state index in [0.29, 0.717) is 5.02 Å². The number of carbonyl (C=O) groups excluding carboxylic acids is 1. The Hall–Kier alpha value is -1.64. The van der Waals surface area contributed by atoms with Gasteiger partial charge in [0, 0.05) is 29.1 Å². The van der Waals surface area contributed by atoms with Crippen molar-refractivity contribution in [2.45, 2.75) is 50.2 Å². The molecule has 5 rings (SSSR count). The summed E-state index contributed by atoms with van der Waals surface area (Å²) >= 11 is 9.75. The number of fused-ring (bicyclic) bond motifs is 1. The Morgan fingerprint density at radius 2 is 1.98 bits per heavy atom. The molecule has 208 valence electrons. The Labute approximate surface area is 277 Å². The van der Waals surface area contributed by atoms with E-state index in [1.165, 1.54) is 16.7 Å². The fraction of sp³-hybridized carbons (Fsp3) is 0.333. The van der Waals surface area contributed by atoms with Crippen LogP contribution in [0.1, 0.15) is 71.7 Å². The van der Waals surface area contributed by atoms with Crippen molar-refractivity contribution in [3.8, 4) is 0 Å². The third-order valence-electron chi connectivity index (χ3n) is 7.73. The van der Waals surface area contributed by atoms with Crippen LogP contribution in [0.15, 0.2) is 66.0 Å². The summed E-state index contributed by atoms with van der Waals surface area (Å²) in [5.41, 5.74) is 6.33. The van der Waals surface area contributed by atoms with Gasteiger partial charge in [-0.25, -0.2) is 4.98 Å². The quantitative estimate of drug-likeness (QED) is 0.224. The third-order valence-corrected chi connectivity index (χ3v) is 10.8. The average molecular weight is 614 g/mol. The van der Waals surface area contributed by atoms with E-state index in [9.17, 15) is 15.0 Å². The minimum Gasteiger partial charge on any atom is -0.550 e. The van der Waals surface area contributed by atoms with Crippen molar-refractivity contribution in [3.05, 3.63) is 99.0 Å². The number of halogens is 1. The first kappa shape index (κ1) is 32.3. The number of aliphatic hydroxyl groups is 1. The van der Waals surface area contributed by atoms with E-state index >= 15 is 0 Å². The maximum absolute atomic E-state index is 11.4. The predicted molar refractivity (Wildman–Crippen MR) is 167 cm³/mol. The molecule has 1 unspecified atom stereocenters. The van der Waals surface area contributed by atoms with Crippen LogP contribution >= 0.6 is 34.7 Å². The van der Waals surface area contributed by atoms with E-state index in [1.54, 1.807) is 11.3 Å². The molecule has 0 bridgehead atoms. The number of carboxylic acid groups (broad SMARTS) is 1. The van der Waals surface area contributed by atoms with Crippen LogP contribution in [0, 0.1) is 5.41 Å². The Kier molecular flexibility index (Phi) is 11.6. The number of benzene rings is 2. The number of pyridine rings is 1. The molecule has 2 aromatic carbocycles. The minimum absolute atomic E-state index is 0. The summed E-state index contributed by atoms with van der Waals surface area (Å²) in [6.45, 7) is 2.17. The van der Waals surface area contributed by atoms with Gasteiger partial charge in [0.2, 0.25) is 0 Å². The van der Waals surface area contributed by atoms with Gasteiger partial charge >= 0.3 is 29.6 Å². The van der Waals surface area contributed by atoms with Gasteiger partial charge in [0.25, 0.3) is 0 Å². The summed E-state index contributed by atoms with van der Waals surface area (Å²) < 4.78 is 1.08. The van der Waals surface area contributed by atoms with Gasteiger partial charge in [-0.05, 0) is 83.7 Å².